The van der Waals surface area contributed by atoms with Crippen LogP contribution in [0.1, 0.15) is 16.1 Å². The zero-order valence-corrected chi connectivity index (χ0v) is 13.1. The van der Waals surface area contributed by atoms with Gasteiger partial charge in [0.05, 0.1) is 24.1 Å². The molecule has 0 spiro atoms. The second-order valence-corrected chi connectivity index (χ2v) is 6.51. The number of para-hydroxylation sites is 1. The average molecular weight is 334 g/mol. The number of Topliss-reactive ketones (excluding diaryl/α,β-unsaturated/α-hetero) is 1. The predicted octanol–water partition coefficient (Wildman–Crippen LogP) is 1.64. The molecule has 124 valence electrons. The third-order valence-corrected chi connectivity index (χ3v) is 5.29. The van der Waals surface area contributed by atoms with Crippen LogP contribution in [0.2, 0.25) is 0 Å². The van der Waals surface area contributed by atoms with Gasteiger partial charge in [-0.1, -0.05) is 30.4 Å². The summed E-state index contributed by atoms with van der Waals surface area (Å²) in [5.41, 5.74) is 1.82. The number of imide groups is 1. The molecule has 2 fully saturated rings. The Hall–Kier alpha value is -3.15. The van der Waals surface area contributed by atoms with Crippen LogP contribution in [0.4, 0.5) is 5.69 Å². The van der Waals surface area contributed by atoms with E-state index >= 15 is 0 Å². The largest absolute Gasteiger partial charge is 0.461 e. The number of benzene rings is 1. The number of rotatable bonds is 2. The summed E-state index contributed by atoms with van der Waals surface area (Å²) in [4.78, 5) is 39.8. The summed E-state index contributed by atoms with van der Waals surface area (Å²) in [5, 5.41) is 2.38. The molecule has 1 N–H and O–H groups in total. The number of carbonyl (C=O) groups is 3. The molecule has 0 bridgehead atoms. The molecule has 25 heavy (non-hydrogen) atoms. The van der Waals surface area contributed by atoms with Crippen LogP contribution in [0.5, 0.6) is 0 Å². The lowest BCUT2D eigenvalue weighted by molar-refractivity contribution is -0.126. The third kappa shape index (κ3) is 1.82. The Balaban J connectivity index is 1.69. The summed E-state index contributed by atoms with van der Waals surface area (Å²) in [7, 11) is 0. The standard InChI is InChI=1S/C19H14N2O4/c22-17(13-6-3-9-25-13)16-15-14(18(23)20-19(15)24)12-8-7-10-4-1-2-5-11(10)21(12)16/h1-9,12,14-16H,(H,20,23,24). The molecule has 0 aliphatic carbocycles. The van der Waals surface area contributed by atoms with Crippen molar-refractivity contribution in [1.82, 2.24) is 5.32 Å². The highest BCUT2D eigenvalue weighted by Gasteiger charge is 2.61. The second kappa shape index (κ2) is 4.92. The van der Waals surface area contributed by atoms with Gasteiger partial charge in [0.15, 0.2) is 5.76 Å². The maximum Gasteiger partial charge on any atom is 0.233 e. The van der Waals surface area contributed by atoms with E-state index in [1.165, 1.54) is 6.26 Å². The number of nitrogens with one attached hydrogen (secondary N) is 1. The van der Waals surface area contributed by atoms with E-state index in [4.69, 9.17) is 4.42 Å². The van der Waals surface area contributed by atoms with E-state index in [1.807, 2.05) is 41.3 Å². The van der Waals surface area contributed by atoms with E-state index in [1.54, 1.807) is 12.1 Å². The molecule has 0 saturated carbocycles. The first-order valence-electron chi connectivity index (χ1n) is 8.15. The van der Waals surface area contributed by atoms with Crippen molar-refractivity contribution in [2.24, 2.45) is 11.8 Å². The Morgan fingerprint density at radius 3 is 2.64 bits per heavy atom. The topological polar surface area (TPSA) is 79.6 Å². The van der Waals surface area contributed by atoms with Crippen LogP contribution in [0.3, 0.4) is 0 Å². The average Bonchev–Trinajstić information content (AvgIpc) is 3.32. The summed E-state index contributed by atoms with van der Waals surface area (Å²) >= 11 is 0. The van der Waals surface area contributed by atoms with Crippen LogP contribution in [-0.2, 0) is 9.59 Å². The van der Waals surface area contributed by atoms with Crippen molar-refractivity contribution < 1.29 is 18.8 Å². The van der Waals surface area contributed by atoms with Crippen molar-refractivity contribution in [1.29, 1.82) is 0 Å². The lowest BCUT2D eigenvalue weighted by Gasteiger charge is -2.35. The van der Waals surface area contributed by atoms with Crippen LogP contribution in [0, 0.1) is 11.8 Å². The number of hydrogen-bond acceptors (Lipinski definition) is 5. The lowest BCUT2D eigenvalue weighted by atomic mass is 9.87. The van der Waals surface area contributed by atoms with Crippen molar-refractivity contribution in [2.45, 2.75) is 12.1 Å². The van der Waals surface area contributed by atoms with E-state index in [0.717, 1.165) is 11.3 Å². The summed E-state index contributed by atoms with van der Waals surface area (Å²) in [6.07, 6.45) is 5.29. The Bertz CT molecular complexity index is 931. The SMILES string of the molecule is O=C1NC(=O)C2C1C1C=Cc3ccccc3N1C2C(=O)c1ccco1. The second-order valence-electron chi connectivity index (χ2n) is 6.51. The van der Waals surface area contributed by atoms with Gasteiger partial charge in [-0.15, -0.1) is 0 Å². The van der Waals surface area contributed by atoms with Gasteiger partial charge in [-0.3, -0.25) is 19.7 Å². The molecule has 6 heteroatoms. The molecule has 1 aromatic heterocycles. The summed E-state index contributed by atoms with van der Waals surface area (Å²) < 4.78 is 5.28. The highest BCUT2D eigenvalue weighted by Crippen LogP contribution is 2.46. The highest BCUT2D eigenvalue weighted by molar-refractivity contribution is 6.13. The van der Waals surface area contributed by atoms with Crippen LogP contribution >= 0.6 is 0 Å². The minimum Gasteiger partial charge on any atom is -0.461 e. The van der Waals surface area contributed by atoms with Gasteiger partial charge in [0.25, 0.3) is 0 Å². The van der Waals surface area contributed by atoms with Crippen molar-refractivity contribution >= 4 is 29.4 Å². The molecular formula is C19H14N2O4. The van der Waals surface area contributed by atoms with Gasteiger partial charge in [-0.05, 0) is 23.8 Å². The normalized spacial score (nSPS) is 29.2. The molecule has 5 rings (SSSR count). The fourth-order valence-corrected chi connectivity index (χ4v) is 4.30. The number of anilines is 1. The Kier molecular flexibility index (Phi) is 2.80. The zero-order valence-electron chi connectivity index (χ0n) is 13.1. The Morgan fingerprint density at radius 2 is 1.84 bits per heavy atom. The monoisotopic (exact) mass is 334 g/mol. The number of carbonyl (C=O) groups excluding carboxylic acids is 3. The van der Waals surface area contributed by atoms with Gasteiger partial charge in [-0.25, -0.2) is 0 Å². The molecule has 2 amide bonds. The zero-order chi connectivity index (χ0) is 17.1. The van der Waals surface area contributed by atoms with Crippen molar-refractivity contribution in [3.63, 3.8) is 0 Å². The molecule has 3 aliphatic rings. The molecule has 2 saturated heterocycles. The maximum absolute atomic E-state index is 13.1. The molecule has 4 atom stereocenters. The van der Waals surface area contributed by atoms with Crippen LogP contribution in [0.25, 0.3) is 6.08 Å². The Labute approximate surface area is 143 Å². The van der Waals surface area contributed by atoms with E-state index < -0.39 is 17.9 Å². The number of ketones is 1. The number of amides is 2. The number of hydrogen-bond donors (Lipinski definition) is 1. The van der Waals surface area contributed by atoms with Crippen LogP contribution in [-0.4, -0.2) is 29.7 Å². The Morgan fingerprint density at radius 1 is 1.04 bits per heavy atom. The van der Waals surface area contributed by atoms with Crippen molar-refractivity contribution in [3.05, 3.63) is 60.1 Å². The van der Waals surface area contributed by atoms with E-state index in [-0.39, 0.29) is 29.4 Å². The summed E-state index contributed by atoms with van der Waals surface area (Å²) in [6, 6.07) is 9.81. The quantitative estimate of drug-likeness (QED) is 0.667. The van der Waals surface area contributed by atoms with Crippen LogP contribution in [0.15, 0.2) is 53.2 Å². The fourth-order valence-electron chi connectivity index (χ4n) is 4.30. The molecular weight excluding hydrogens is 320 g/mol. The molecule has 6 nitrogen and oxygen atoms in total. The molecule has 4 unspecified atom stereocenters. The van der Waals surface area contributed by atoms with E-state index in [0.29, 0.717) is 0 Å². The van der Waals surface area contributed by atoms with E-state index in [2.05, 4.69) is 5.32 Å². The smallest absolute Gasteiger partial charge is 0.233 e. The van der Waals surface area contributed by atoms with Gasteiger partial charge in [-0.2, -0.15) is 0 Å². The first-order valence-corrected chi connectivity index (χ1v) is 8.15. The third-order valence-electron chi connectivity index (χ3n) is 5.29. The minimum atomic E-state index is -0.765. The predicted molar refractivity (Wildman–Crippen MR) is 88.7 cm³/mol. The highest BCUT2D eigenvalue weighted by atomic mass is 16.3. The molecule has 1 aromatic carbocycles. The van der Waals surface area contributed by atoms with Gasteiger partial charge in [0.1, 0.15) is 6.04 Å². The van der Waals surface area contributed by atoms with Gasteiger partial charge in [0.2, 0.25) is 17.6 Å². The molecule has 2 aromatic rings. The molecule has 4 heterocycles. The number of nitrogens with zero attached hydrogens (tertiary/aromatic N) is 1. The number of furan rings is 1. The lowest BCUT2D eigenvalue weighted by Crippen LogP contribution is -2.47. The first-order chi connectivity index (χ1) is 12.2. The first kappa shape index (κ1) is 14.2. The molecule has 3 aliphatic heterocycles. The van der Waals surface area contributed by atoms with Crippen LogP contribution < -0.4 is 10.2 Å². The van der Waals surface area contributed by atoms with Crippen molar-refractivity contribution in [3.8, 4) is 0 Å². The van der Waals surface area contributed by atoms with Gasteiger partial charge < -0.3 is 9.32 Å². The maximum atomic E-state index is 13.1. The van der Waals surface area contributed by atoms with Crippen molar-refractivity contribution in [2.75, 3.05) is 4.90 Å². The minimum absolute atomic E-state index is 0.198. The summed E-state index contributed by atoms with van der Waals surface area (Å²) in [6.45, 7) is 0. The van der Waals surface area contributed by atoms with E-state index in [9.17, 15) is 14.4 Å². The fraction of sp³-hybridized carbons (Fsp3) is 0.211. The van der Waals surface area contributed by atoms with Gasteiger partial charge in [0, 0.05) is 5.69 Å². The number of fused-ring (bicyclic) bond motifs is 5. The van der Waals surface area contributed by atoms with Gasteiger partial charge >= 0.3 is 0 Å². The molecule has 0 radical (unpaired) electrons. The summed E-state index contributed by atoms with van der Waals surface area (Å²) in [5.74, 6) is -2.07.